The van der Waals surface area contributed by atoms with Gasteiger partial charge in [-0.2, -0.15) is 5.26 Å². The molecule has 1 heterocycles. The number of amides is 2. The molecule has 0 aromatic carbocycles. The first-order valence-electron chi connectivity index (χ1n) is 7.67. The monoisotopic (exact) mass is 331 g/mol. The molecule has 1 aliphatic rings. The Bertz CT molecular complexity index is 672. The summed E-state index contributed by atoms with van der Waals surface area (Å²) in [6.45, 7) is 7.50. The topological polar surface area (TPSA) is 73.2 Å². The summed E-state index contributed by atoms with van der Waals surface area (Å²) in [5.74, 6) is 0.141. The average Bonchev–Trinajstić information content (AvgIpc) is 2.82. The van der Waals surface area contributed by atoms with E-state index in [1.807, 2.05) is 0 Å². The van der Waals surface area contributed by atoms with Gasteiger partial charge in [0.05, 0.1) is 5.56 Å². The first-order valence-corrected chi connectivity index (χ1v) is 8.48. The van der Waals surface area contributed by atoms with Crippen molar-refractivity contribution in [1.82, 2.24) is 4.90 Å². The number of nitrogens with one attached hydrogen (secondary N) is 1. The first kappa shape index (κ1) is 17.2. The molecule has 2 rings (SSSR count). The smallest absolute Gasteiger partial charge is 0.244 e. The van der Waals surface area contributed by atoms with Crippen molar-refractivity contribution >= 4 is 28.2 Å². The molecule has 0 bridgehead atoms. The molecule has 0 saturated carbocycles. The molecule has 5 nitrogen and oxygen atoms in total. The fourth-order valence-corrected chi connectivity index (χ4v) is 4.13. The molecule has 1 aromatic rings. The lowest BCUT2D eigenvalue weighted by molar-refractivity contribution is -0.132. The van der Waals surface area contributed by atoms with Crippen molar-refractivity contribution < 1.29 is 9.59 Å². The van der Waals surface area contributed by atoms with Crippen LogP contribution in [0.15, 0.2) is 12.7 Å². The summed E-state index contributed by atoms with van der Waals surface area (Å²) in [5, 5.41) is 12.8. The molecule has 0 saturated heterocycles. The van der Waals surface area contributed by atoms with Gasteiger partial charge in [0.15, 0.2) is 0 Å². The van der Waals surface area contributed by atoms with Crippen molar-refractivity contribution in [2.75, 3.05) is 18.4 Å². The Hall–Kier alpha value is -2.13. The standard InChI is InChI=1S/C17H21N3O2S/c1-4-7-20(12(3)21)10-16(22)19-17-14(9-18)13-6-5-11(2)8-15(13)23-17/h4,11H,1,5-8,10H2,2-3H3,(H,19,22). The maximum Gasteiger partial charge on any atom is 0.244 e. The molecular weight excluding hydrogens is 310 g/mol. The Morgan fingerprint density at radius 1 is 1.57 bits per heavy atom. The van der Waals surface area contributed by atoms with Crippen molar-refractivity contribution in [3.8, 4) is 6.07 Å². The zero-order valence-corrected chi connectivity index (χ0v) is 14.3. The Morgan fingerprint density at radius 2 is 2.30 bits per heavy atom. The van der Waals surface area contributed by atoms with Crippen molar-refractivity contribution in [2.24, 2.45) is 5.92 Å². The van der Waals surface area contributed by atoms with Crippen LogP contribution in [0.3, 0.4) is 0 Å². The molecule has 23 heavy (non-hydrogen) atoms. The highest BCUT2D eigenvalue weighted by atomic mass is 32.1. The van der Waals surface area contributed by atoms with Crippen LogP contribution < -0.4 is 5.32 Å². The minimum absolute atomic E-state index is 0.0365. The van der Waals surface area contributed by atoms with Crippen LogP contribution >= 0.6 is 11.3 Å². The van der Waals surface area contributed by atoms with E-state index >= 15 is 0 Å². The molecule has 1 N–H and O–H groups in total. The molecule has 0 fully saturated rings. The number of carbonyl (C=O) groups excluding carboxylic acids is 2. The van der Waals surface area contributed by atoms with E-state index in [9.17, 15) is 14.9 Å². The second kappa shape index (κ2) is 7.42. The Morgan fingerprint density at radius 3 is 2.91 bits per heavy atom. The van der Waals surface area contributed by atoms with E-state index in [2.05, 4.69) is 24.9 Å². The van der Waals surface area contributed by atoms with Crippen LogP contribution in [0.2, 0.25) is 0 Å². The molecule has 1 aliphatic carbocycles. The van der Waals surface area contributed by atoms with Crippen molar-refractivity contribution in [1.29, 1.82) is 5.26 Å². The van der Waals surface area contributed by atoms with Crippen LogP contribution in [0.4, 0.5) is 5.00 Å². The Kier molecular flexibility index (Phi) is 5.56. The molecule has 0 aliphatic heterocycles. The van der Waals surface area contributed by atoms with Gasteiger partial charge < -0.3 is 10.2 Å². The largest absolute Gasteiger partial charge is 0.330 e. The van der Waals surface area contributed by atoms with E-state index in [4.69, 9.17) is 0 Å². The summed E-state index contributed by atoms with van der Waals surface area (Å²) in [6, 6.07) is 2.22. The lowest BCUT2D eigenvalue weighted by Gasteiger charge is -2.18. The number of hydrogen-bond acceptors (Lipinski definition) is 4. The van der Waals surface area contributed by atoms with E-state index in [0.717, 1.165) is 24.8 Å². The maximum atomic E-state index is 12.2. The SMILES string of the molecule is C=CCN(CC(=O)Nc1sc2c(c1C#N)CCC(C)C2)C(C)=O. The molecule has 1 atom stereocenters. The van der Waals surface area contributed by atoms with Crippen LogP contribution in [0.1, 0.15) is 36.3 Å². The Balaban J connectivity index is 2.14. The van der Waals surface area contributed by atoms with Gasteiger partial charge in [-0.25, -0.2) is 0 Å². The lowest BCUT2D eigenvalue weighted by Crippen LogP contribution is -2.36. The highest BCUT2D eigenvalue weighted by Crippen LogP contribution is 2.39. The molecule has 0 spiro atoms. The second-order valence-electron chi connectivity index (χ2n) is 5.90. The fourth-order valence-electron chi connectivity index (χ4n) is 2.76. The summed E-state index contributed by atoms with van der Waals surface area (Å²) < 4.78 is 0. The number of fused-ring (bicyclic) bond motifs is 1. The normalized spacial score (nSPS) is 16.1. The number of anilines is 1. The van der Waals surface area contributed by atoms with E-state index in [1.165, 1.54) is 28.0 Å². The van der Waals surface area contributed by atoms with E-state index in [0.29, 0.717) is 23.0 Å². The molecule has 2 amide bonds. The molecule has 122 valence electrons. The minimum Gasteiger partial charge on any atom is -0.330 e. The third kappa shape index (κ3) is 3.99. The molecular formula is C17H21N3O2S. The predicted molar refractivity (Wildman–Crippen MR) is 91.3 cm³/mol. The number of rotatable bonds is 5. The van der Waals surface area contributed by atoms with Gasteiger partial charge >= 0.3 is 0 Å². The van der Waals surface area contributed by atoms with E-state index in [-0.39, 0.29) is 18.4 Å². The molecule has 1 aromatic heterocycles. The third-order valence-corrected chi connectivity index (χ3v) is 5.18. The summed E-state index contributed by atoms with van der Waals surface area (Å²) >= 11 is 1.49. The average molecular weight is 331 g/mol. The van der Waals surface area contributed by atoms with Crippen LogP contribution in [0, 0.1) is 17.2 Å². The van der Waals surface area contributed by atoms with Crippen LogP contribution in [-0.2, 0) is 22.4 Å². The summed E-state index contributed by atoms with van der Waals surface area (Å²) in [6.07, 6.45) is 4.51. The molecule has 1 unspecified atom stereocenters. The summed E-state index contributed by atoms with van der Waals surface area (Å²) in [7, 11) is 0. The van der Waals surface area contributed by atoms with Gasteiger partial charge in [0.2, 0.25) is 11.8 Å². The van der Waals surface area contributed by atoms with Crippen LogP contribution in [0.5, 0.6) is 0 Å². The van der Waals surface area contributed by atoms with Gasteiger partial charge in [-0.1, -0.05) is 13.0 Å². The number of nitriles is 1. The number of carbonyl (C=O) groups is 2. The zero-order valence-electron chi connectivity index (χ0n) is 13.5. The molecule has 0 radical (unpaired) electrons. The van der Waals surface area contributed by atoms with E-state index < -0.39 is 0 Å². The van der Waals surface area contributed by atoms with Gasteiger partial charge in [0, 0.05) is 18.3 Å². The summed E-state index contributed by atoms with van der Waals surface area (Å²) in [4.78, 5) is 26.3. The van der Waals surface area contributed by atoms with Crippen molar-refractivity contribution in [3.63, 3.8) is 0 Å². The minimum atomic E-state index is -0.287. The number of nitrogens with zero attached hydrogens (tertiary/aromatic N) is 2. The Labute approximate surface area is 140 Å². The van der Waals surface area contributed by atoms with Gasteiger partial charge in [-0.3, -0.25) is 9.59 Å². The predicted octanol–water partition coefficient (Wildman–Crippen LogP) is 2.72. The van der Waals surface area contributed by atoms with Gasteiger partial charge in [0.1, 0.15) is 17.6 Å². The van der Waals surface area contributed by atoms with Gasteiger partial charge in [0.25, 0.3) is 0 Å². The maximum absolute atomic E-state index is 12.2. The first-order chi connectivity index (χ1) is 11.0. The third-order valence-electron chi connectivity index (χ3n) is 4.01. The highest BCUT2D eigenvalue weighted by Gasteiger charge is 2.25. The van der Waals surface area contributed by atoms with Crippen molar-refractivity contribution in [2.45, 2.75) is 33.1 Å². The number of hydrogen-bond donors (Lipinski definition) is 1. The quantitative estimate of drug-likeness (QED) is 0.843. The fraction of sp³-hybridized carbons (Fsp3) is 0.471. The van der Waals surface area contributed by atoms with E-state index in [1.54, 1.807) is 6.08 Å². The summed E-state index contributed by atoms with van der Waals surface area (Å²) in [5.41, 5.74) is 1.67. The molecule has 6 heteroatoms. The van der Waals surface area contributed by atoms with Gasteiger partial charge in [-0.05, 0) is 30.7 Å². The highest BCUT2D eigenvalue weighted by molar-refractivity contribution is 7.16. The second-order valence-corrected chi connectivity index (χ2v) is 7.01. The van der Waals surface area contributed by atoms with Crippen molar-refractivity contribution in [3.05, 3.63) is 28.7 Å². The zero-order chi connectivity index (χ0) is 17.0. The lowest BCUT2D eigenvalue weighted by atomic mass is 9.89. The van der Waals surface area contributed by atoms with Crippen LogP contribution in [0.25, 0.3) is 0 Å². The number of thiophene rings is 1. The van der Waals surface area contributed by atoms with Gasteiger partial charge in [-0.15, -0.1) is 17.9 Å². The van der Waals surface area contributed by atoms with Crippen LogP contribution in [-0.4, -0.2) is 29.8 Å².